The molecule has 0 radical (unpaired) electrons. The minimum absolute atomic E-state index is 0.115. The molecule has 2 atom stereocenters. The van der Waals surface area contributed by atoms with Gasteiger partial charge in [-0.2, -0.15) is 9.40 Å². The summed E-state index contributed by atoms with van der Waals surface area (Å²) >= 11 is 0. The highest BCUT2D eigenvalue weighted by Crippen LogP contribution is 2.26. The predicted molar refractivity (Wildman–Crippen MR) is 75.3 cm³/mol. The molecule has 0 saturated carbocycles. The minimum Gasteiger partial charge on any atom is -0.395 e. The lowest BCUT2D eigenvalue weighted by Gasteiger charge is -2.33. The largest absolute Gasteiger partial charge is 0.395 e. The number of aliphatic hydroxyl groups excluding tert-OH is 1. The van der Waals surface area contributed by atoms with Crippen LogP contribution in [0, 0.1) is 0 Å². The number of ether oxygens (including phenoxy) is 1. The first-order valence-corrected chi connectivity index (χ1v) is 8.81. The fraction of sp³-hybridized carbons (Fsp3) is 0.769. The maximum atomic E-state index is 12.7. The van der Waals surface area contributed by atoms with Crippen molar-refractivity contribution in [3.8, 4) is 0 Å². The van der Waals surface area contributed by atoms with Crippen LogP contribution in [0.15, 0.2) is 17.3 Å². The Balaban J connectivity index is 1.83. The first kappa shape index (κ1) is 15.0. The second-order valence-corrected chi connectivity index (χ2v) is 7.51. The molecule has 21 heavy (non-hydrogen) atoms. The Morgan fingerprint density at radius 2 is 2.24 bits per heavy atom. The summed E-state index contributed by atoms with van der Waals surface area (Å²) in [5.41, 5.74) is 0. The van der Waals surface area contributed by atoms with E-state index in [-0.39, 0.29) is 23.6 Å². The molecule has 0 amide bonds. The molecule has 8 heteroatoms. The van der Waals surface area contributed by atoms with Crippen molar-refractivity contribution in [2.45, 2.75) is 42.7 Å². The summed E-state index contributed by atoms with van der Waals surface area (Å²) in [7, 11) is -3.58. The van der Waals surface area contributed by atoms with Crippen LogP contribution in [0.5, 0.6) is 0 Å². The molecule has 3 rings (SSSR count). The van der Waals surface area contributed by atoms with Crippen molar-refractivity contribution in [2.24, 2.45) is 0 Å². The zero-order valence-corrected chi connectivity index (χ0v) is 12.7. The van der Waals surface area contributed by atoms with E-state index in [0.29, 0.717) is 26.2 Å². The molecular weight excluding hydrogens is 294 g/mol. The number of hydrogen-bond acceptors (Lipinski definition) is 5. The molecule has 2 aliphatic heterocycles. The second kappa shape index (κ2) is 6.04. The molecule has 1 aromatic heterocycles. The number of rotatable bonds is 4. The van der Waals surface area contributed by atoms with Crippen LogP contribution in [0.2, 0.25) is 0 Å². The zero-order chi connectivity index (χ0) is 14.9. The smallest absolute Gasteiger partial charge is 0.246 e. The maximum Gasteiger partial charge on any atom is 0.246 e. The fourth-order valence-electron chi connectivity index (χ4n) is 2.99. The van der Waals surface area contributed by atoms with Crippen LogP contribution in [0.1, 0.15) is 31.7 Å². The Bertz CT molecular complexity index is 580. The number of sulfonamides is 1. The van der Waals surface area contributed by atoms with E-state index in [1.54, 1.807) is 10.9 Å². The van der Waals surface area contributed by atoms with Gasteiger partial charge in [-0.3, -0.25) is 4.68 Å². The van der Waals surface area contributed by atoms with Crippen LogP contribution in [-0.4, -0.2) is 60.0 Å². The Labute approximate surface area is 124 Å². The third kappa shape index (κ3) is 2.85. The van der Waals surface area contributed by atoms with Crippen molar-refractivity contribution in [3.63, 3.8) is 0 Å². The van der Waals surface area contributed by atoms with Crippen molar-refractivity contribution in [2.75, 3.05) is 26.4 Å². The summed E-state index contributed by atoms with van der Waals surface area (Å²) in [6.45, 7) is 1.59. The number of aliphatic hydroxyl groups is 1. The molecule has 0 aromatic carbocycles. The van der Waals surface area contributed by atoms with Crippen LogP contribution in [-0.2, 0) is 14.8 Å². The summed E-state index contributed by atoms with van der Waals surface area (Å²) < 4.78 is 33.8. The standard InChI is InChI=1S/C13H21N3O4S/c17-9-11-3-1-2-5-16(11)21(18,19)13-7-14-15(8-13)12-4-6-20-10-12/h7-8,11-12,17H,1-6,9-10H2/t11-,12+/m1/s1. The number of piperidine rings is 1. The van der Waals surface area contributed by atoms with Gasteiger partial charge in [0, 0.05) is 25.4 Å². The van der Waals surface area contributed by atoms with Gasteiger partial charge in [0.1, 0.15) is 4.90 Å². The third-order valence-corrected chi connectivity index (χ3v) is 6.15. The normalized spacial score (nSPS) is 28.0. The Morgan fingerprint density at radius 1 is 1.38 bits per heavy atom. The Hall–Kier alpha value is -0.960. The molecule has 1 aromatic rings. The van der Waals surface area contributed by atoms with Gasteiger partial charge in [0.2, 0.25) is 10.0 Å². The van der Waals surface area contributed by atoms with Crippen LogP contribution in [0.4, 0.5) is 0 Å². The number of nitrogens with zero attached hydrogens (tertiary/aromatic N) is 3. The van der Waals surface area contributed by atoms with Crippen LogP contribution < -0.4 is 0 Å². The van der Waals surface area contributed by atoms with E-state index in [1.807, 2.05) is 0 Å². The zero-order valence-electron chi connectivity index (χ0n) is 11.9. The maximum absolute atomic E-state index is 12.7. The highest BCUT2D eigenvalue weighted by molar-refractivity contribution is 7.89. The van der Waals surface area contributed by atoms with Gasteiger partial charge in [0.05, 0.1) is 25.5 Å². The average molecular weight is 315 g/mol. The summed E-state index contributed by atoms with van der Waals surface area (Å²) in [4.78, 5) is 0.203. The van der Waals surface area contributed by atoms with E-state index < -0.39 is 10.0 Å². The predicted octanol–water partition coefficient (Wildman–Crippen LogP) is 0.380. The first-order chi connectivity index (χ1) is 10.1. The van der Waals surface area contributed by atoms with Crippen LogP contribution >= 0.6 is 0 Å². The van der Waals surface area contributed by atoms with E-state index in [2.05, 4.69) is 5.10 Å². The molecule has 2 aliphatic rings. The molecule has 2 fully saturated rings. The SMILES string of the molecule is O=S(=O)(c1cnn([C@H]2CCOC2)c1)N1CCCC[C@@H]1CO. The summed E-state index contributed by atoms with van der Waals surface area (Å²) in [6.07, 6.45) is 6.33. The highest BCUT2D eigenvalue weighted by atomic mass is 32.2. The van der Waals surface area contributed by atoms with Crippen molar-refractivity contribution >= 4 is 10.0 Å². The molecule has 3 heterocycles. The Morgan fingerprint density at radius 3 is 2.95 bits per heavy atom. The van der Waals surface area contributed by atoms with Gasteiger partial charge in [0.25, 0.3) is 0 Å². The number of aromatic nitrogens is 2. The van der Waals surface area contributed by atoms with Gasteiger partial charge in [-0.1, -0.05) is 6.42 Å². The Kier molecular flexibility index (Phi) is 4.30. The summed E-state index contributed by atoms with van der Waals surface area (Å²) in [5, 5.41) is 13.6. The van der Waals surface area contributed by atoms with Gasteiger partial charge < -0.3 is 9.84 Å². The van der Waals surface area contributed by atoms with Gasteiger partial charge in [-0.25, -0.2) is 8.42 Å². The lowest BCUT2D eigenvalue weighted by Crippen LogP contribution is -2.45. The lowest BCUT2D eigenvalue weighted by molar-refractivity contribution is 0.155. The molecule has 2 saturated heterocycles. The fourth-order valence-corrected chi connectivity index (χ4v) is 4.62. The van der Waals surface area contributed by atoms with Crippen molar-refractivity contribution < 1.29 is 18.3 Å². The van der Waals surface area contributed by atoms with Crippen molar-refractivity contribution in [3.05, 3.63) is 12.4 Å². The molecule has 0 unspecified atom stereocenters. The quantitative estimate of drug-likeness (QED) is 0.868. The lowest BCUT2D eigenvalue weighted by atomic mass is 10.1. The average Bonchev–Trinajstić information content (AvgIpc) is 3.17. The second-order valence-electron chi connectivity index (χ2n) is 5.62. The van der Waals surface area contributed by atoms with E-state index in [1.165, 1.54) is 10.5 Å². The molecule has 118 valence electrons. The molecular formula is C13H21N3O4S. The van der Waals surface area contributed by atoms with E-state index in [9.17, 15) is 13.5 Å². The molecule has 1 N–H and O–H groups in total. The first-order valence-electron chi connectivity index (χ1n) is 7.37. The number of hydrogen-bond donors (Lipinski definition) is 1. The van der Waals surface area contributed by atoms with E-state index >= 15 is 0 Å². The summed E-state index contributed by atoms with van der Waals surface area (Å²) in [5.74, 6) is 0. The van der Waals surface area contributed by atoms with E-state index in [0.717, 1.165) is 19.3 Å². The minimum atomic E-state index is -3.58. The van der Waals surface area contributed by atoms with Gasteiger partial charge >= 0.3 is 0 Å². The van der Waals surface area contributed by atoms with Gasteiger partial charge in [-0.15, -0.1) is 0 Å². The molecule has 0 spiro atoms. The van der Waals surface area contributed by atoms with Gasteiger partial charge in [0.15, 0.2) is 0 Å². The third-order valence-electron chi connectivity index (χ3n) is 4.25. The molecule has 0 aliphatic carbocycles. The van der Waals surface area contributed by atoms with Crippen molar-refractivity contribution in [1.82, 2.24) is 14.1 Å². The van der Waals surface area contributed by atoms with Crippen LogP contribution in [0.25, 0.3) is 0 Å². The topological polar surface area (TPSA) is 84.7 Å². The van der Waals surface area contributed by atoms with Crippen molar-refractivity contribution in [1.29, 1.82) is 0 Å². The van der Waals surface area contributed by atoms with E-state index in [4.69, 9.17) is 4.74 Å². The monoisotopic (exact) mass is 315 g/mol. The summed E-state index contributed by atoms with van der Waals surface area (Å²) in [6, 6.07) is -0.203. The molecule has 7 nitrogen and oxygen atoms in total. The van der Waals surface area contributed by atoms with Crippen LogP contribution in [0.3, 0.4) is 0 Å². The van der Waals surface area contributed by atoms with Gasteiger partial charge in [-0.05, 0) is 19.3 Å². The molecule has 0 bridgehead atoms. The highest BCUT2D eigenvalue weighted by Gasteiger charge is 2.34.